The van der Waals surface area contributed by atoms with Crippen LogP contribution in [-0.2, 0) is 6.42 Å². The minimum atomic E-state index is -0.901. The third-order valence-corrected chi connectivity index (χ3v) is 7.22. The predicted octanol–water partition coefficient (Wildman–Crippen LogP) is 3.66. The fourth-order valence-electron chi connectivity index (χ4n) is 5.27. The van der Waals surface area contributed by atoms with Crippen molar-refractivity contribution in [2.45, 2.75) is 37.5 Å². The van der Waals surface area contributed by atoms with Gasteiger partial charge >= 0.3 is 0 Å². The first-order valence-electron chi connectivity index (χ1n) is 9.89. The summed E-state index contributed by atoms with van der Waals surface area (Å²) in [6.07, 6.45) is 1.85. The third kappa shape index (κ3) is 2.76. The minimum absolute atomic E-state index is 0.103. The number of aliphatic hydroxyl groups is 2. The molecule has 2 aromatic heterocycles. The molecular formula is C22H22ClFN4O2. The lowest BCUT2D eigenvalue weighted by Crippen LogP contribution is -2.34. The van der Waals surface area contributed by atoms with E-state index in [0.717, 1.165) is 6.42 Å². The Balaban J connectivity index is 1.40. The highest BCUT2D eigenvalue weighted by Crippen LogP contribution is 2.70. The monoisotopic (exact) mass is 428 g/mol. The van der Waals surface area contributed by atoms with Crippen LogP contribution in [0.2, 0.25) is 5.02 Å². The summed E-state index contributed by atoms with van der Waals surface area (Å²) in [4.78, 5) is 8.25. The molecule has 2 fully saturated rings. The molecule has 3 aromatic rings. The summed E-state index contributed by atoms with van der Waals surface area (Å²) in [7, 11) is 0. The molecule has 156 valence electrons. The first-order valence-corrected chi connectivity index (χ1v) is 10.3. The van der Waals surface area contributed by atoms with Gasteiger partial charge in [0, 0.05) is 17.0 Å². The zero-order chi connectivity index (χ0) is 21.2. The van der Waals surface area contributed by atoms with Gasteiger partial charge < -0.3 is 20.5 Å². The van der Waals surface area contributed by atoms with Crippen molar-refractivity contribution in [3.05, 3.63) is 52.9 Å². The molecule has 5 atom stereocenters. The quantitative estimate of drug-likeness (QED) is 0.540. The summed E-state index contributed by atoms with van der Waals surface area (Å²) < 4.78 is 16.6. The van der Waals surface area contributed by atoms with Crippen LogP contribution in [-0.4, -0.2) is 38.7 Å². The molecule has 2 heterocycles. The molecule has 0 amide bonds. The number of nitrogen functional groups attached to an aromatic ring is 1. The van der Waals surface area contributed by atoms with Gasteiger partial charge in [-0.2, -0.15) is 0 Å². The van der Waals surface area contributed by atoms with E-state index >= 15 is 0 Å². The fourth-order valence-corrected chi connectivity index (χ4v) is 5.43. The van der Waals surface area contributed by atoms with E-state index in [-0.39, 0.29) is 23.6 Å². The Morgan fingerprint density at radius 3 is 2.93 bits per heavy atom. The molecule has 30 heavy (non-hydrogen) atoms. The molecule has 5 rings (SSSR count). The van der Waals surface area contributed by atoms with Crippen LogP contribution in [0.4, 0.5) is 16.0 Å². The highest BCUT2D eigenvalue weighted by Gasteiger charge is 2.70. The van der Waals surface area contributed by atoms with E-state index in [9.17, 15) is 14.6 Å². The number of rotatable bonds is 5. The topological polar surface area (TPSA) is 96.7 Å². The molecule has 0 spiro atoms. The maximum absolute atomic E-state index is 14.7. The van der Waals surface area contributed by atoms with Gasteiger partial charge in [-0.05, 0) is 67.8 Å². The number of hydrogen-bond donors (Lipinski definition) is 3. The lowest BCUT2D eigenvalue weighted by molar-refractivity contribution is -0.0194. The molecule has 0 radical (unpaired) electrons. The maximum atomic E-state index is 14.7. The second-order valence-corrected chi connectivity index (χ2v) is 8.80. The largest absolute Gasteiger partial charge is 0.390 e. The Bertz CT molecular complexity index is 1170. The van der Waals surface area contributed by atoms with Crippen LogP contribution in [0.15, 0.2) is 41.5 Å². The van der Waals surface area contributed by atoms with Crippen LogP contribution in [0.1, 0.15) is 24.4 Å². The molecular weight excluding hydrogens is 407 g/mol. The van der Waals surface area contributed by atoms with Crippen molar-refractivity contribution >= 4 is 40.9 Å². The Morgan fingerprint density at radius 1 is 1.37 bits per heavy atom. The fraction of sp³-hybridized carbons (Fsp3) is 0.364. The minimum Gasteiger partial charge on any atom is -0.390 e. The summed E-state index contributed by atoms with van der Waals surface area (Å²) in [5, 5.41) is 22.4. The van der Waals surface area contributed by atoms with Gasteiger partial charge in [0.1, 0.15) is 23.6 Å². The Morgan fingerprint density at radius 2 is 2.17 bits per heavy atom. The van der Waals surface area contributed by atoms with Gasteiger partial charge in [0.05, 0.1) is 22.7 Å². The van der Waals surface area contributed by atoms with E-state index in [0.29, 0.717) is 40.1 Å². The van der Waals surface area contributed by atoms with E-state index in [2.05, 4.69) is 16.7 Å². The number of pyridine rings is 1. The average molecular weight is 429 g/mol. The van der Waals surface area contributed by atoms with Gasteiger partial charge in [0.25, 0.3) is 0 Å². The van der Waals surface area contributed by atoms with Gasteiger partial charge in [0.2, 0.25) is 0 Å². The molecule has 2 saturated carbocycles. The van der Waals surface area contributed by atoms with Crippen LogP contribution in [0.3, 0.4) is 0 Å². The highest BCUT2D eigenvalue weighted by atomic mass is 35.5. The molecule has 1 aromatic carbocycles. The van der Waals surface area contributed by atoms with Crippen molar-refractivity contribution < 1.29 is 14.6 Å². The molecule has 8 heteroatoms. The Hall–Kier alpha value is -2.48. The number of benzene rings is 1. The van der Waals surface area contributed by atoms with Gasteiger partial charge in [0.15, 0.2) is 0 Å². The number of anilines is 1. The van der Waals surface area contributed by atoms with Gasteiger partial charge in [-0.15, -0.1) is 0 Å². The van der Waals surface area contributed by atoms with Crippen LogP contribution in [0, 0.1) is 17.2 Å². The van der Waals surface area contributed by atoms with E-state index in [1.54, 1.807) is 12.1 Å². The molecule has 2 aliphatic carbocycles. The van der Waals surface area contributed by atoms with Crippen molar-refractivity contribution in [3.8, 4) is 0 Å². The lowest BCUT2D eigenvalue weighted by atomic mass is 9.91. The van der Waals surface area contributed by atoms with Crippen LogP contribution in [0.5, 0.6) is 0 Å². The number of nitrogens with two attached hydrogens (primary N) is 1. The van der Waals surface area contributed by atoms with Gasteiger partial charge in [-0.25, -0.2) is 14.4 Å². The second kappa shape index (κ2) is 6.77. The van der Waals surface area contributed by atoms with Crippen LogP contribution >= 0.6 is 11.6 Å². The smallest absolute Gasteiger partial charge is 0.142 e. The standard InChI is InChI=1S/C22H22ClFN4O2/c1-26-17-3-2-6-28(17)18-13-10-22(13,20(30)19(18)29)5-4-11-9-16-12(8-15(11)24)7-14(23)21(25)27-16/h2-3,6-9,13,18-20,29-30H,1,4-5,10H2,(H2,25,27)/t13-,18-,19+,20+,22+/m1/s1. The Kier molecular flexibility index (Phi) is 4.39. The second-order valence-electron chi connectivity index (χ2n) is 8.39. The third-order valence-electron chi connectivity index (χ3n) is 6.92. The lowest BCUT2D eigenvalue weighted by Gasteiger charge is -2.25. The van der Waals surface area contributed by atoms with Gasteiger partial charge in [-0.1, -0.05) is 11.6 Å². The molecule has 4 N–H and O–H groups in total. The van der Waals surface area contributed by atoms with Crippen molar-refractivity contribution in [1.82, 2.24) is 9.55 Å². The van der Waals surface area contributed by atoms with Crippen molar-refractivity contribution in [2.75, 3.05) is 5.73 Å². The number of nitrogens with zero attached hydrogens (tertiary/aromatic N) is 3. The van der Waals surface area contributed by atoms with E-state index < -0.39 is 17.6 Å². The normalized spacial score (nSPS) is 29.9. The van der Waals surface area contributed by atoms with Crippen molar-refractivity contribution in [3.63, 3.8) is 0 Å². The van der Waals surface area contributed by atoms with E-state index in [4.69, 9.17) is 17.3 Å². The molecule has 0 unspecified atom stereocenters. The number of fused-ring (bicyclic) bond motifs is 2. The average Bonchev–Trinajstić information content (AvgIpc) is 3.16. The summed E-state index contributed by atoms with van der Waals surface area (Å²) in [6, 6.07) is 8.11. The zero-order valence-electron chi connectivity index (χ0n) is 16.2. The Labute approximate surface area is 177 Å². The number of aliphatic imine (C=N–C) groups is 1. The van der Waals surface area contributed by atoms with E-state index in [1.807, 2.05) is 22.9 Å². The summed E-state index contributed by atoms with van der Waals surface area (Å²) in [5.74, 6) is 0.633. The van der Waals surface area contributed by atoms with Crippen molar-refractivity contribution in [2.24, 2.45) is 16.3 Å². The van der Waals surface area contributed by atoms with Gasteiger partial charge in [-0.3, -0.25) is 0 Å². The predicted molar refractivity (Wildman–Crippen MR) is 115 cm³/mol. The first kappa shape index (κ1) is 19.5. The molecule has 2 aliphatic rings. The number of halogens is 2. The summed E-state index contributed by atoms with van der Waals surface area (Å²) in [5.41, 5.74) is 6.44. The number of aryl methyl sites for hydroxylation is 1. The summed E-state index contributed by atoms with van der Waals surface area (Å²) >= 11 is 5.98. The number of hydrogen-bond acceptors (Lipinski definition) is 5. The zero-order valence-corrected chi connectivity index (χ0v) is 16.9. The number of aromatic nitrogens is 2. The van der Waals surface area contributed by atoms with Crippen LogP contribution < -0.4 is 5.73 Å². The number of aliphatic hydroxyl groups excluding tert-OH is 2. The van der Waals surface area contributed by atoms with Crippen LogP contribution in [0.25, 0.3) is 10.9 Å². The van der Waals surface area contributed by atoms with Crippen molar-refractivity contribution in [1.29, 1.82) is 0 Å². The van der Waals surface area contributed by atoms with E-state index in [1.165, 1.54) is 6.07 Å². The molecule has 6 nitrogen and oxygen atoms in total. The first-order chi connectivity index (χ1) is 14.4. The summed E-state index contributed by atoms with van der Waals surface area (Å²) in [6.45, 7) is 3.58. The highest BCUT2D eigenvalue weighted by molar-refractivity contribution is 6.33. The maximum Gasteiger partial charge on any atom is 0.142 e. The SMILES string of the molecule is C=Nc1cccn1[C@H]1[C@H](O)[C@H](O)[C@@]2(CCc3cc4nc(N)c(Cl)cc4cc3F)C[C@H]12. The molecule has 0 aliphatic heterocycles. The molecule has 0 bridgehead atoms. The molecule has 0 saturated heterocycles.